The third kappa shape index (κ3) is 2.56. The molecular weight excluding hydrogens is 276 g/mol. The first-order chi connectivity index (χ1) is 8.09. The number of benzene rings is 1. The van der Waals surface area contributed by atoms with Gasteiger partial charge in [-0.25, -0.2) is 0 Å². The van der Waals surface area contributed by atoms with Gasteiger partial charge in [0.05, 0.1) is 6.04 Å². The van der Waals surface area contributed by atoms with Crippen LogP contribution in [0.5, 0.6) is 0 Å². The SMILES string of the molecule is Cc1ccc(C(N)c2cnccc2C)c(Br)c1. The maximum absolute atomic E-state index is 6.30. The van der Waals surface area contributed by atoms with Gasteiger partial charge in [-0.1, -0.05) is 28.1 Å². The minimum absolute atomic E-state index is 0.140. The molecule has 1 atom stereocenters. The Morgan fingerprint density at radius 3 is 2.59 bits per heavy atom. The summed E-state index contributed by atoms with van der Waals surface area (Å²) in [5.74, 6) is 0. The highest BCUT2D eigenvalue weighted by atomic mass is 79.9. The Bertz CT molecular complexity index is 537. The minimum atomic E-state index is -0.140. The van der Waals surface area contributed by atoms with Crippen LogP contribution in [0.4, 0.5) is 0 Å². The molecule has 3 heteroatoms. The first kappa shape index (κ1) is 12.3. The van der Waals surface area contributed by atoms with E-state index in [0.717, 1.165) is 15.6 Å². The van der Waals surface area contributed by atoms with Gasteiger partial charge in [0.15, 0.2) is 0 Å². The fourth-order valence-corrected chi connectivity index (χ4v) is 2.59. The normalized spacial score (nSPS) is 12.5. The summed E-state index contributed by atoms with van der Waals surface area (Å²) in [5, 5.41) is 0. The quantitative estimate of drug-likeness (QED) is 0.919. The van der Waals surface area contributed by atoms with Crippen molar-refractivity contribution in [1.82, 2.24) is 4.98 Å². The first-order valence-electron chi connectivity index (χ1n) is 5.51. The molecule has 0 bridgehead atoms. The van der Waals surface area contributed by atoms with Crippen LogP contribution >= 0.6 is 15.9 Å². The average Bonchev–Trinajstić information content (AvgIpc) is 2.29. The van der Waals surface area contributed by atoms with Crippen LogP contribution in [0, 0.1) is 13.8 Å². The van der Waals surface area contributed by atoms with Gasteiger partial charge in [0.1, 0.15) is 0 Å². The lowest BCUT2D eigenvalue weighted by Gasteiger charge is -2.16. The molecule has 0 radical (unpaired) electrons. The molecule has 0 aliphatic carbocycles. The molecule has 0 amide bonds. The maximum atomic E-state index is 6.30. The number of nitrogens with zero attached hydrogens (tertiary/aromatic N) is 1. The third-order valence-electron chi connectivity index (χ3n) is 2.91. The van der Waals surface area contributed by atoms with E-state index in [0.29, 0.717) is 0 Å². The number of hydrogen-bond donors (Lipinski definition) is 1. The Balaban J connectivity index is 2.44. The van der Waals surface area contributed by atoms with Gasteiger partial charge >= 0.3 is 0 Å². The fraction of sp³-hybridized carbons (Fsp3) is 0.214. The average molecular weight is 291 g/mol. The van der Waals surface area contributed by atoms with Crippen molar-refractivity contribution >= 4 is 15.9 Å². The van der Waals surface area contributed by atoms with Crippen molar-refractivity contribution in [3.63, 3.8) is 0 Å². The second kappa shape index (κ2) is 4.98. The zero-order valence-electron chi connectivity index (χ0n) is 9.94. The van der Waals surface area contributed by atoms with E-state index in [9.17, 15) is 0 Å². The van der Waals surface area contributed by atoms with Gasteiger partial charge < -0.3 is 5.73 Å². The van der Waals surface area contributed by atoms with Crippen molar-refractivity contribution in [2.24, 2.45) is 5.73 Å². The van der Waals surface area contributed by atoms with E-state index >= 15 is 0 Å². The number of halogens is 1. The molecule has 0 spiro atoms. The van der Waals surface area contributed by atoms with Gasteiger partial charge in [0, 0.05) is 16.9 Å². The van der Waals surface area contributed by atoms with Crippen LogP contribution in [0.15, 0.2) is 41.1 Å². The Hall–Kier alpha value is -1.19. The zero-order valence-corrected chi connectivity index (χ0v) is 11.5. The highest BCUT2D eigenvalue weighted by molar-refractivity contribution is 9.10. The molecule has 88 valence electrons. The van der Waals surface area contributed by atoms with Crippen LogP contribution in [0.2, 0.25) is 0 Å². The van der Waals surface area contributed by atoms with Gasteiger partial charge in [0.25, 0.3) is 0 Å². The Labute approximate surface area is 110 Å². The van der Waals surface area contributed by atoms with E-state index in [2.05, 4.69) is 53.0 Å². The Kier molecular flexibility index (Phi) is 3.60. The second-order valence-electron chi connectivity index (χ2n) is 4.23. The topological polar surface area (TPSA) is 38.9 Å². The van der Waals surface area contributed by atoms with Crippen LogP contribution in [0.25, 0.3) is 0 Å². The molecule has 1 heterocycles. The van der Waals surface area contributed by atoms with E-state index < -0.39 is 0 Å². The lowest BCUT2D eigenvalue weighted by molar-refractivity contribution is 0.847. The molecule has 0 aliphatic heterocycles. The molecule has 0 saturated heterocycles. The molecule has 17 heavy (non-hydrogen) atoms. The van der Waals surface area contributed by atoms with Gasteiger partial charge in [-0.2, -0.15) is 0 Å². The standard InChI is InChI=1S/C14H15BrN2/c1-9-3-4-11(13(15)7-9)14(16)12-8-17-6-5-10(12)2/h3-8,14H,16H2,1-2H3. The van der Waals surface area contributed by atoms with Crippen LogP contribution in [0.1, 0.15) is 28.3 Å². The minimum Gasteiger partial charge on any atom is -0.320 e. The number of pyridine rings is 1. The molecule has 1 aromatic heterocycles. The zero-order chi connectivity index (χ0) is 12.4. The number of hydrogen-bond acceptors (Lipinski definition) is 2. The van der Waals surface area contributed by atoms with Crippen molar-refractivity contribution in [3.8, 4) is 0 Å². The van der Waals surface area contributed by atoms with Crippen molar-refractivity contribution < 1.29 is 0 Å². The number of aromatic nitrogens is 1. The Morgan fingerprint density at radius 1 is 1.18 bits per heavy atom. The summed E-state index contributed by atoms with van der Waals surface area (Å²) >= 11 is 3.57. The van der Waals surface area contributed by atoms with Gasteiger partial charge in [-0.3, -0.25) is 4.98 Å². The fourth-order valence-electron chi connectivity index (χ4n) is 1.85. The first-order valence-corrected chi connectivity index (χ1v) is 6.31. The monoisotopic (exact) mass is 290 g/mol. The molecule has 1 unspecified atom stereocenters. The van der Waals surface area contributed by atoms with Crippen molar-refractivity contribution in [2.45, 2.75) is 19.9 Å². The summed E-state index contributed by atoms with van der Waals surface area (Å²) in [6.45, 7) is 4.12. The van der Waals surface area contributed by atoms with Crippen LogP contribution < -0.4 is 5.73 Å². The molecular formula is C14H15BrN2. The molecule has 2 rings (SSSR count). The van der Waals surface area contributed by atoms with E-state index in [1.807, 2.05) is 12.3 Å². The lowest BCUT2D eigenvalue weighted by atomic mass is 9.97. The maximum Gasteiger partial charge on any atom is 0.0580 e. The van der Waals surface area contributed by atoms with Crippen LogP contribution in [-0.4, -0.2) is 4.98 Å². The number of rotatable bonds is 2. The number of nitrogens with two attached hydrogens (primary N) is 1. The van der Waals surface area contributed by atoms with Crippen LogP contribution in [0.3, 0.4) is 0 Å². The summed E-state index contributed by atoms with van der Waals surface area (Å²) in [4.78, 5) is 4.14. The largest absolute Gasteiger partial charge is 0.320 e. The van der Waals surface area contributed by atoms with Gasteiger partial charge in [0.2, 0.25) is 0 Å². The molecule has 0 fully saturated rings. The molecule has 1 aromatic carbocycles. The number of aryl methyl sites for hydroxylation is 2. The second-order valence-corrected chi connectivity index (χ2v) is 5.09. The highest BCUT2D eigenvalue weighted by Gasteiger charge is 2.14. The predicted molar refractivity (Wildman–Crippen MR) is 73.9 cm³/mol. The molecule has 0 aliphatic rings. The summed E-state index contributed by atoms with van der Waals surface area (Å²) in [5.41, 5.74) is 10.8. The van der Waals surface area contributed by atoms with Crippen molar-refractivity contribution in [2.75, 3.05) is 0 Å². The van der Waals surface area contributed by atoms with Crippen LogP contribution in [-0.2, 0) is 0 Å². The molecule has 2 N–H and O–H groups in total. The van der Waals surface area contributed by atoms with Crippen molar-refractivity contribution in [1.29, 1.82) is 0 Å². The molecule has 2 nitrogen and oxygen atoms in total. The molecule has 0 saturated carbocycles. The summed E-state index contributed by atoms with van der Waals surface area (Å²) < 4.78 is 1.05. The van der Waals surface area contributed by atoms with E-state index in [4.69, 9.17) is 5.73 Å². The van der Waals surface area contributed by atoms with Gasteiger partial charge in [-0.15, -0.1) is 0 Å². The highest BCUT2D eigenvalue weighted by Crippen LogP contribution is 2.28. The van der Waals surface area contributed by atoms with E-state index in [1.165, 1.54) is 11.1 Å². The summed E-state index contributed by atoms with van der Waals surface area (Å²) in [6, 6.07) is 8.07. The molecule has 2 aromatic rings. The third-order valence-corrected chi connectivity index (χ3v) is 3.59. The predicted octanol–water partition coefficient (Wildman–Crippen LogP) is 3.51. The summed E-state index contributed by atoms with van der Waals surface area (Å²) in [6.07, 6.45) is 3.63. The van der Waals surface area contributed by atoms with Gasteiger partial charge in [-0.05, 0) is 48.2 Å². The van der Waals surface area contributed by atoms with E-state index in [-0.39, 0.29) is 6.04 Å². The lowest BCUT2D eigenvalue weighted by Crippen LogP contribution is -2.14. The van der Waals surface area contributed by atoms with E-state index in [1.54, 1.807) is 6.20 Å². The Morgan fingerprint density at radius 2 is 1.94 bits per heavy atom. The summed E-state index contributed by atoms with van der Waals surface area (Å²) in [7, 11) is 0. The smallest absolute Gasteiger partial charge is 0.0580 e. The van der Waals surface area contributed by atoms with Crippen molar-refractivity contribution in [3.05, 3.63) is 63.4 Å².